The van der Waals surface area contributed by atoms with E-state index in [1.165, 1.54) is 18.4 Å². The molecule has 2 N–H and O–H groups in total. The van der Waals surface area contributed by atoms with Crippen molar-refractivity contribution in [2.45, 2.75) is 19.3 Å². The van der Waals surface area contributed by atoms with E-state index in [0.717, 1.165) is 37.8 Å². The smallest absolute Gasteiger partial charge is 0.191 e. The van der Waals surface area contributed by atoms with Crippen LogP contribution in [0.5, 0.6) is 5.75 Å². The van der Waals surface area contributed by atoms with Crippen LogP contribution in [0.1, 0.15) is 18.4 Å². The van der Waals surface area contributed by atoms with Gasteiger partial charge in [-0.2, -0.15) is 0 Å². The van der Waals surface area contributed by atoms with Crippen LogP contribution < -0.4 is 15.4 Å². The average Bonchev–Trinajstić information content (AvgIpc) is 2.68. The van der Waals surface area contributed by atoms with Crippen LogP contribution in [0.4, 0.5) is 0 Å². The molecule has 1 aliphatic heterocycles. The van der Waals surface area contributed by atoms with E-state index in [9.17, 15) is 0 Å². The third-order valence-corrected chi connectivity index (χ3v) is 2.99. The molecule has 1 aromatic rings. The van der Waals surface area contributed by atoms with E-state index >= 15 is 0 Å². The van der Waals surface area contributed by atoms with Crippen molar-refractivity contribution in [3.8, 4) is 5.75 Å². The number of rotatable bonds is 4. The number of ether oxygens (including phenoxy) is 1. The van der Waals surface area contributed by atoms with Crippen LogP contribution in [-0.4, -0.2) is 32.7 Å². The van der Waals surface area contributed by atoms with Crippen LogP contribution in [-0.2, 0) is 6.42 Å². The van der Waals surface area contributed by atoms with Crippen molar-refractivity contribution >= 4 is 22.9 Å². The monoisotopic (exact) mass is 327 g/mol. The highest BCUT2D eigenvalue weighted by molar-refractivity contribution is 8.93. The van der Waals surface area contributed by atoms with Gasteiger partial charge in [-0.3, -0.25) is 4.99 Å². The summed E-state index contributed by atoms with van der Waals surface area (Å²) in [7, 11) is 1.70. The standard InChI is InChI=1S/C14H21N3O.BrH/c1-18-13-6-4-5-12(11-13)7-10-17-14-15-8-2-3-9-16-14;/h4-6,11H,2-3,7-10H2,1H3,(H2,15,16,17);1H. The number of nitrogens with zero attached hydrogens (tertiary/aromatic N) is 1. The van der Waals surface area contributed by atoms with E-state index in [1.54, 1.807) is 7.11 Å². The van der Waals surface area contributed by atoms with Gasteiger partial charge in [-0.1, -0.05) is 12.1 Å². The zero-order valence-electron chi connectivity index (χ0n) is 11.3. The van der Waals surface area contributed by atoms with Gasteiger partial charge in [0, 0.05) is 19.6 Å². The van der Waals surface area contributed by atoms with Crippen molar-refractivity contribution in [3.05, 3.63) is 29.8 Å². The molecule has 0 unspecified atom stereocenters. The molecular weight excluding hydrogens is 306 g/mol. The Hall–Kier alpha value is -1.23. The predicted octanol–water partition coefficient (Wildman–Crippen LogP) is 2.14. The first-order valence-corrected chi connectivity index (χ1v) is 6.53. The first-order valence-electron chi connectivity index (χ1n) is 6.53. The van der Waals surface area contributed by atoms with E-state index in [4.69, 9.17) is 4.74 Å². The normalized spacial score (nSPS) is 14.5. The number of hydrogen-bond donors (Lipinski definition) is 2. The topological polar surface area (TPSA) is 45.6 Å². The van der Waals surface area contributed by atoms with Crippen molar-refractivity contribution in [3.63, 3.8) is 0 Å². The SMILES string of the molecule is Br.COc1cccc(CCNC2=NCCCCN2)c1. The Morgan fingerprint density at radius 3 is 3.11 bits per heavy atom. The minimum absolute atomic E-state index is 0. The summed E-state index contributed by atoms with van der Waals surface area (Å²) in [6, 6.07) is 8.18. The maximum atomic E-state index is 5.21. The fraction of sp³-hybridized carbons (Fsp3) is 0.500. The molecule has 0 spiro atoms. The Balaban J connectivity index is 0.00000180. The number of aliphatic imine (C=N–C) groups is 1. The van der Waals surface area contributed by atoms with Gasteiger partial charge in [-0.15, -0.1) is 17.0 Å². The summed E-state index contributed by atoms with van der Waals surface area (Å²) >= 11 is 0. The molecule has 5 heteroatoms. The number of nitrogens with one attached hydrogen (secondary N) is 2. The lowest BCUT2D eigenvalue weighted by molar-refractivity contribution is 0.414. The number of guanidine groups is 1. The van der Waals surface area contributed by atoms with E-state index in [1.807, 2.05) is 12.1 Å². The van der Waals surface area contributed by atoms with Gasteiger partial charge in [0.1, 0.15) is 5.75 Å². The highest BCUT2D eigenvalue weighted by Crippen LogP contribution is 2.12. The number of halogens is 1. The Morgan fingerprint density at radius 2 is 2.26 bits per heavy atom. The zero-order valence-corrected chi connectivity index (χ0v) is 13.0. The van der Waals surface area contributed by atoms with Gasteiger partial charge in [0.05, 0.1) is 7.11 Å². The molecule has 19 heavy (non-hydrogen) atoms. The Morgan fingerprint density at radius 1 is 1.37 bits per heavy atom. The molecule has 0 bridgehead atoms. The molecule has 0 saturated carbocycles. The van der Waals surface area contributed by atoms with E-state index in [2.05, 4.69) is 27.8 Å². The zero-order chi connectivity index (χ0) is 12.6. The molecule has 1 aliphatic rings. The fourth-order valence-electron chi connectivity index (χ4n) is 1.96. The molecule has 0 fully saturated rings. The third kappa shape index (κ3) is 5.51. The molecular formula is C14H22BrN3O. The molecule has 106 valence electrons. The average molecular weight is 328 g/mol. The van der Waals surface area contributed by atoms with Crippen molar-refractivity contribution in [2.24, 2.45) is 4.99 Å². The lowest BCUT2D eigenvalue weighted by atomic mass is 10.1. The molecule has 0 aromatic heterocycles. The lowest BCUT2D eigenvalue weighted by Crippen LogP contribution is -2.38. The number of benzene rings is 1. The second-order valence-electron chi connectivity index (χ2n) is 4.39. The largest absolute Gasteiger partial charge is 0.497 e. The van der Waals surface area contributed by atoms with Gasteiger partial charge in [-0.25, -0.2) is 0 Å². The van der Waals surface area contributed by atoms with Crippen molar-refractivity contribution in [1.29, 1.82) is 0 Å². The molecule has 1 aromatic carbocycles. The Kier molecular flexibility index (Phi) is 7.33. The first-order chi connectivity index (χ1) is 8.88. The van der Waals surface area contributed by atoms with Crippen molar-refractivity contribution in [2.75, 3.05) is 26.7 Å². The summed E-state index contributed by atoms with van der Waals surface area (Å²) in [5.41, 5.74) is 1.27. The molecule has 0 aliphatic carbocycles. The quantitative estimate of drug-likeness (QED) is 0.890. The van der Waals surface area contributed by atoms with Crippen LogP contribution in [0.2, 0.25) is 0 Å². The van der Waals surface area contributed by atoms with Gasteiger partial charge in [0.2, 0.25) is 0 Å². The predicted molar refractivity (Wildman–Crippen MR) is 84.6 cm³/mol. The minimum atomic E-state index is 0. The maximum Gasteiger partial charge on any atom is 0.191 e. The van der Waals surface area contributed by atoms with Crippen molar-refractivity contribution in [1.82, 2.24) is 10.6 Å². The molecule has 1 heterocycles. The summed E-state index contributed by atoms with van der Waals surface area (Å²) in [5.74, 6) is 1.85. The van der Waals surface area contributed by atoms with Crippen LogP contribution in [0.15, 0.2) is 29.3 Å². The van der Waals surface area contributed by atoms with E-state index in [0.29, 0.717) is 0 Å². The van der Waals surface area contributed by atoms with Gasteiger partial charge in [0.25, 0.3) is 0 Å². The first kappa shape index (κ1) is 15.8. The van der Waals surface area contributed by atoms with Crippen LogP contribution >= 0.6 is 17.0 Å². The fourth-order valence-corrected chi connectivity index (χ4v) is 1.96. The summed E-state index contributed by atoms with van der Waals surface area (Å²) in [6.45, 7) is 2.83. The van der Waals surface area contributed by atoms with Gasteiger partial charge >= 0.3 is 0 Å². The number of methoxy groups -OCH3 is 1. The van der Waals surface area contributed by atoms with Crippen LogP contribution in [0.25, 0.3) is 0 Å². The van der Waals surface area contributed by atoms with Crippen LogP contribution in [0, 0.1) is 0 Å². The Bertz CT molecular complexity index is 409. The maximum absolute atomic E-state index is 5.21. The molecule has 0 amide bonds. The van der Waals surface area contributed by atoms with Crippen LogP contribution in [0.3, 0.4) is 0 Å². The van der Waals surface area contributed by atoms with Gasteiger partial charge in [0.15, 0.2) is 5.96 Å². The molecule has 0 atom stereocenters. The summed E-state index contributed by atoms with van der Waals surface area (Å²) in [4.78, 5) is 4.46. The lowest BCUT2D eigenvalue weighted by Gasteiger charge is -2.10. The van der Waals surface area contributed by atoms with Gasteiger partial charge < -0.3 is 15.4 Å². The highest BCUT2D eigenvalue weighted by atomic mass is 79.9. The summed E-state index contributed by atoms with van der Waals surface area (Å²) < 4.78 is 5.21. The van der Waals surface area contributed by atoms with E-state index in [-0.39, 0.29) is 17.0 Å². The summed E-state index contributed by atoms with van der Waals surface area (Å²) in [6.07, 6.45) is 3.34. The number of hydrogen-bond acceptors (Lipinski definition) is 4. The van der Waals surface area contributed by atoms with Gasteiger partial charge in [-0.05, 0) is 37.0 Å². The second-order valence-corrected chi connectivity index (χ2v) is 4.39. The van der Waals surface area contributed by atoms with Crippen molar-refractivity contribution < 1.29 is 4.74 Å². The molecule has 2 rings (SSSR count). The minimum Gasteiger partial charge on any atom is -0.497 e. The van der Waals surface area contributed by atoms with E-state index < -0.39 is 0 Å². The second kappa shape index (κ2) is 8.80. The molecule has 0 saturated heterocycles. The summed E-state index contributed by atoms with van der Waals surface area (Å²) in [5, 5.41) is 6.65. The molecule has 0 radical (unpaired) electrons. The Labute approximate surface area is 125 Å². The third-order valence-electron chi connectivity index (χ3n) is 2.99. The highest BCUT2D eigenvalue weighted by Gasteiger charge is 2.02. The molecule has 4 nitrogen and oxygen atoms in total.